The van der Waals surface area contributed by atoms with E-state index in [2.05, 4.69) is 0 Å². The van der Waals surface area contributed by atoms with Crippen molar-refractivity contribution in [3.8, 4) is 0 Å². The third-order valence-electron chi connectivity index (χ3n) is 1.53. The Morgan fingerprint density at radius 2 is 2.30 bits per heavy atom. The molecule has 1 aliphatic rings. The number of aliphatic hydroxyl groups is 1. The fraction of sp³-hybridized carbons (Fsp3) is 0.333. The van der Waals surface area contributed by atoms with Crippen LogP contribution in [0.3, 0.4) is 0 Å². The molecule has 1 unspecified atom stereocenters. The van der Waals surface area contributed by atoms with E-state index in [0.717, 1.165) is 0 Å². The summed E-state index contributed by atoms with van der Waals surface area (Å²) >= 11 is 0. The fourth-order valence-corrected chi connectivity index (χ4v) is 1.04. The second-order valence-corrected chi connectivity index (χ2v) is 2.48. The molecule has 0 bridgehead atoms. The van der Waals surface area contributed by atoms with E-state index in [1.807, 2.05) is 31.2 Å². The van der Waals surface area contributed by atoms with E-state index in [9.17, 15) is 5.11 Å². The van der Waals surface area contributed by atoms with E-state index >= 15 is 0 Å². The van der Waals surface area contributed by atoms with E-state index in [0.29, 0.717) is 6.42 Å². The monoisotopic (exact) mass is 136 g/mol. The first-order chi connectivity index (χ1) is 4.77. The highest BCUT2D eigenvalue weighted by Gasteiger charge is 2.17. The normalized spacial score (nSPS) is 31.8. The summed E-state index contributed by atoms with van der Waals surface area (Å²) in [6.07, 6.45) is 11.9. The first-order valence-electron chi connectivity index (χ1n) is 3.47. The Bertz CT molecular complexity index is 189. The highest BCUT2D eigenvalue weighted by atomic mass is 16.3. The third kappa shape index (κ3) is 1.58. The molecule has 0 radical (unpaired) electrons. The summed E-state index contributed by atoms with van der Waals surface area (Å²) in [5.74, 6) is 0. The smallest absolute Gasteiger partial charge is 0.105 e. The Morgan fingerprint density at radius 3 is 2.80 bits per heavy atom. The molecule has 0 saturated carbocycles. The molecule has 0 aromatic rings. The third-order valence-corrected chi connectivity index (χ3v) is 1.53. The molecule has 1 atom stereocenters. The Labute approximate surface area is 61.4 Å². The molecule has 0 spiro atoms. The molecule has 54 valence electrons. The lowest BCUT2D eigenvalue weighted by Gasteiger charge is -2.19. The summed E-state index contributed by atoms with van der Waals surface area (Å²) in [5.41, 5.74) is -0.719. The van der Waals surface area contributed by atoms with Crippen LogP contribution in [0, 0.1) is 0 Å². The van der Waals surface area contributed by atoms with Crippen LogP contribution >= 0.6 is 0 Å². The van der Waals surface area contributed by atoms with Gasteiger partial charge in [0.15, 0.2) is 0 Å². The molecule has 1 aliphatic carbocycles. The summed E-state index contributed by atoms with van der Waals surface area (Å²) in [7, 11) is 0. The van der Waals surface area contributed by atoms with Gasteiger partial charge in [0.1, 0.15) is 5.60 Å². The van der Waals surface area contributed by atoms with Crippen LogP contribution in [0.5, 0.6) is 0 Å². The highest BCUT2D eigenvalue weighted by Crippen LogP contribution is 2.18. The largest absolute Gasteiger partial charge is 0.381 e. The maximum absolute atomic E-state index is 9.65. The zero-order chi connectivity index (χ0) is 7.45. The average Bonchev–Trinajstić information content (AvgIpc) is 1.89. The Morgan fingerprint density at radius 1 is 1.50 bits per heavy atom. The number of allylic oxidation sites excluding steroid dienone is 3. The van der Waals surface area contributed by atoms with E-state index in [1.54, 1.807) is 12.2 Å². The Hall–Kier alpha value is -0.820. The molecule has 10 heavy (non-hydrogen) atoms. The SMILES string of the molecule is CC=CC1(O)C=CC=CC1. The van der Waals surface area contributed by atoms with Crippen LogP contribution in [-0.2, 0) is 0 Å². The number of hydrogen-bond donors (Lipinski definition) is 1. The van der Waals surface area contributed by atoms with E-state index in [1.165, 1.54) is 0 Å². The van der Waals surface area contributed by atoms with Crippen molar-refractivity contribution in [1.29, 1.82) is 0 Å². The lowest BCUT2D eigenvalue weighted by Crippen LogP contribution is -2.22. The zero-order valence-corrected chi connectivity index (χ0v) is 6.12. The second kappa shape index (κ2) is 2.84. The zero-order valence-electron chi connectivity index (χ0n) is 6.12. The summed E-state index contributed by atoms with van der Waals surface area (Å²) in [6.45, 7) is 1.91. The molecule has 0 aromatic carbocycles. The molecule has 0 fully saturated rings. The summed E-state index contributed by atoms with van der Waals surface area (Å²) in [5, 5.41) is 9.65. The van der Waals surface area contributed by atoms with Crippen molar-refractivity contribution in [2.75, 3.05) is 0 Å². The van der Waals surface area contributed by atoms with Gasteiger partial charge in [-0.25, -0.2) is 0 Å². The maximum Gasteiger partial charge on any atom is 0.105 e. The lowest BCUT2D eigenvalue weighted by atomic mass is 9.95. The standard InChI is InChI=1S/C9H12O/c1-2-6-9(10)7-4-3-5-8-9/h2-7,10H,8H2,1H3. The van der Waals surface area contributed by atoms with Gasteiger partial charge in [-0.05, 0) is 13.0 Å². The van der Waals surface area contributed by atoms with Gasteiger partial charge >= 0.3 is 0 Å². The van der Waals surface area contributed by atoms with Gasteiger partial charge in [0, 0.05) is 6.42 Å². The van der Waals surface area contributed by atoms with Crippen molar-refractivity contribution in [2.45, 2.75) is 18.9 Å². The minimum absolute atomic E-state index is 0.688. The van der Waals surface area contributed by atoms with Crippen molar-refractivity contribution < 1.29 is 5.11 Å². The molecule has 0 aromatic heterocycles. The summed E-state index contributed by atoms with van der Waals surface area (Å²) < 4.78 is 0. The predicted octanol–water partition coefficient (Wildman–Crippen LogP) is 1.81. The molecule has 1 nitrogen and oxygen atoms in total. The van der Waals surface area contributed by atoms with Gasteiger partial charge in [-0.3, -0.25) is 0 Å². The summed E-state index contributed by atoms with van der Waals surface area (Å²) in [6, 6.07) is 0. The van der Waals surface area contributed by atoms with Gasteiger partial charge in [-0.2, -0.15) is 0 Å². The molecule has 0 amide bonds. The van der Waals surface area contributed by atoms with Crippen LogP contribution in [0.25, 0.3) is 0 Å². The quantitative estimate of drug-likeness (QED) is 0.545. The van der Waals surface area contributed by atoms with Gasteiger partial charge in [0.05, 0.1) is 0 Å². The molecule has 1 N–H and O–H groups in total. The van der Waals surface area contributed by atoms with Gasteiger partial charge in [-0.1, -0.05) is 30.4 Å². The van der Waals surface area contributed by atoms with Gasteiger partial charge in [0.2, 0.25) is 0 Å². The first kappa shape index (κ1) is 7.29. The molecular weight excluding hydrogens is 124 g/mol. The first-order valence-corrected chi connectivity index (χ1v) is 3.47. The fourth-order valence-electron chi connectivity index (χ4n) is 1.04. The molecule has 0 aliphatic heterocycles. The van der Waals surface area contributed by atoms with Crippen molar-refractivity contribution in [2.24, 2.45) is 0 Å². The van der Waals surface area contributed by atoms with Crippen LogP contribution in [-0.4, -0.2) is 10.7 Å². The van der Waals surface area contributed by atoms with Crippen LogP contribution < -0.4 is 0 Å². The van der Waals surface area contributed by atoms with E-state index < -0.39 is 5.60 Å². The lowest BCUT2D eigenvalue weighted by molar-refractivity contribution is 0.145. The van der Waals surface area contributed by atoms with E-state index in [-0.39, 0.29) is 0 Å². The van der Waals surface area contributed by atoms with Crippen molar-refractivity contribution in [3.05, 3.63) is 36.5 Å². The molecule has 1 rings (SSSR count). The van der Waals surface area contributed by atoms with Gasteiger partial charge < -0.3 is 5.11 Å². The average molecular weight is 136 g/mol. The number of hydrogen-bond acceptors (Lipinski definition) is 1. The topological polar surface area (TPSA) is 20.2 Å². The van der Waals surface area contributed by atoms with Crippen LogP contribution in [0.1, 0.15) is 13.3 Å². The van der Waals surface area contributed by atoms with Crippen LogP contribution in [0.15, 0.2) is 36.5 Å². The molecular formula is C9H12O. The van der Waals surface area contributed by atoms with Crippen LogP contribution in [0.4, 0.5) is 0 Å². The second-order valence-electron chi connectivity index (χ2n) is 2.48. The Kier molecular flexibility index (Phi) is 2.07. The van der Waals surface area contributed by atoms with Crippen molar-refractivity contribution >= 4 is 0 Å². The van der Waals surface area contributed by atoms with Crippen molar-refractivity contribution in [1.82, 2.24) is 0 Å². The van der Waals surface area contributed by atoms with Gasteiger partial charge in [0.25, 0.3) is 0 Å². The summed E-state index contributed by atoms with van der Waals surface area (Å²) in [4.78, 5) is 0. The highest BCUT2D eigenvalue weighted by molar-refractivity contribution is 5.23. The minimum atomic E-state index is -0.719. The minimum Gasteiger partial charge on any atom is -0.381 e. The maximum atomic E-state index is 9.65. The van der Waals surface area contributed by atoms with Gasteiger partial charge in [-0.15, -0.1) is 0 Å². The number of rotatable bonds is 1. The van der Waals surface area contributed by atoms with Crippen LogP contribution in [0.2, 0.25) is 0 Å². The van der Waals surface area contributed by atoms with E-state index in [4.69, 9.17) is 0 Å². The molecule has 0 saturated heterocycles. The molecule has 0 heterocycles. The predicted molar refractivity (Wildman–Crippen MR) is 42.7 cm³/mol. The Balaban J connectivity index is 2.70. The molecule has 1 heteroatoms. The van der Waals surface area contributed by atoms with Crippen molar-refractivity contribution in [3.63, 3.8) is 0 Å².